The first-order chi connectivity index (χ1) is 10.2. The first kappa shape index (κ1) is 16.1. The molecule has 1 N–H and O–H groups in total. The molecule has 0 aliphatic carbocycles. The average Bonchev–Trinajstić information content (AvgIpc) is 2.42. The largest absolute Gasteiger partial charge is 0.444 e. The summed E-state index contributed by atoms with van der Waals surface area (Å²) in [5.74, 6) is 0.483. The average molecular weight is 310 g/mol. The SMILES string of the molecule is Cn1c(=O)cc(N2CCN(C(=O)OC(C)(C)C)CC2)[nH]c1=O. The van der Waals surface area contributed by atoms with E-state index < -0.39 is 11.3 Å². The molecule has 122 valence electrons. The van der Waals surface area contributed by atoms with Crippen molar-refractivity contribution in [2.75, 3.05) is 31.1 Å². The molecule has 1 aromatic rings. The number of carbonyl (C=O) groups excluding carboxylic acids is 1. The Labute approximate surface area is 128 Å². The van der Waals surface area contributed by atoms with Gasteiger partial charge in [-0.2, -0.15) is 0 Å². The Morgan fingerprint density at radius 3 is 2.27 bits per heavy atom. The molecular weight excluding hydrogens is 288 g/mol. The summed E-state index contributed by atoms with van der Waals surface area (Å²) in [7, 11) is 1.42. The van der Waals surface area contributed by atoms with Crippen LogP contribution in [0.3, 0.4) is 0 Å². The van der Waals surface area contributed by atoms with Crippen LogP contribution >= 0.6 is 0 Å². The first-order valence-electron chi connectivity index (χ1n) is 7.20. The molecule has 1 aliphatic rings. The van der Waals surface area contributed by atoms with Gasteiger partial charge in [-0.25, -0.2) is 9.59 Å². The van der Waals surface area contributed by atoms with Gasteiger partial charge in [-0.05, 0) is 20.8 Å². The zero-order chi connectivity index (χ0) is 16.5. The number of nitrogens with one attached hydrogen (secondary N) is 1. The number of aromatic nitrogens is 2. The Bertz CT molecular complexity index is 631. The van der Waals surface area contributed by atoms with Crippen LogP contribution in [0.5, 0.6) is 0 Å². The number of ether oxygens (including phenoxy) is 1. The van der Waals surface area contributed by atoms with E-state index >= 15 is 0 Å². The molecule has 1 amide bonds. The fourth-order valence-corrected chi connectivity index (χ4v) is 2.17. The molecule has 0 spiro atoms. The van der Waals surface area contributed by atoms with Gasteiger partial charge in [0.2, 0.25) is 0 Å². The molecule has 1 aliphatic heterocycles. The fraction of sp³-hybridized carbons (Fsp3) is 0.643. The van der Waals surface area contributed by atoms with E-state index in [1.54, 1.807) is 4.90 Å². The second-order valence-electron chi connectivity index (χ2n) is 6.31. The van der Waals surface area contributed by atoms with Gasteiger partial charge in [0, 0.05) is 39.3 Å². The number of anilines is 1. The maximum Gasteiger partial charge on any atom is 0.410 e. The second-order valence-corrected chi connectivity index (χ2v) is 6.31. The second kappa shape index (κ2) is 5.86. The Morgan fingerprint density at radius 1 is 1.18 bits per heavy atom. The fourth-order valence-electron chi connectivity index (χ4n) is 2.17. The van der Waals surface area contributed by atoms with E-state index in [4.69, 9.17) is 4.74 Å². The van der Waals surface area contributed by atoms with Crippen LogP contribution < -0.4 is 16.1 Å². The third-order valence-corrected chi connectivity index (χ3v) is 3.40. The van der Waals surface area contributed by atoms with Gasteiger partial charge in [-0.3, -0.25) is 14.3 Å². The van der Waals surface area contributed by atoms with E-state index in [2.05, 4.69) is 4.98 Å². The summed E-state index contributed by atoms with van der Waals surface area (Å²) in [4.78, 5) is 41.4. The molecule has 2 heterocycles. The van der Waals surface area contributed by atoms with E-state index in [0.29, 0.717) is 32.0 Å². The predicted octanol–water partition coefficient (Wildman–Crippen LogP) is 0.131. The van der Waals surface area contributed by atoms with Crippen molar-refractivity contribution >= 4 is 11.9 Å². The molecule has 1 fully saturated rings. The topological polar surface area (TPSA) is 87.6 Å². The van der Waals surface area contributed by atoms with Crippen molar-refractivity contribution in [3.63, 3.8) is 0 Å². The van der Waals surface area contributed by atoms with Crippen LogP contribution in [0.4, 0.5) is 10.6 Å². The third kappa shape index (κ3) is 3.69. The highest BCUT2D eigenvalue weighted by Gasteiger charge is 2.26. The summed E-state index contributed by atoms with van der Waals surface area (Å²) in [5.41, 5.74) is -1.32. The lowest BCUT2D eigenvalue weighted by atomic mass is 10.2. The van der Waals surface area contributed by atoms with Gasteiger partial charge in [-0.15, -0.1) is 0 Å². The Balaban J connectivity index is 2.02. The lowest BCUT2D eigenvalue weighted by molar-refractivity contribution is 0.0240. The molecule has 0 unspecified atom stereocenters. The maximum absolute atomic E-state index is 12.0. The summed E-state index contributed by atoms with van der Waals surface area (Å²) in [6.45, 7) is 7.49. The number of hydrogen-bond donors (Lipinski definition) is 1. The van der Waals surface area contributed by atoms with Crippen molar-refractivity contribution < 1.29 is 9.53 Å². The Morgan fingerprint density at radius 2 is 1.77 bits per heavy atom. The Kier molecular flexibility index (Phi) is 4.30. The van der Waals surface area contributed by atoms with Gasteiger partial charge in [0.15, 0.2) is 0 Å². The summed E-state index contributed by atoms with van der Waals surface area (Å²) >= 11 is 0. The molecule has 2 rings (SSSR count). The number of piperazine rings is 1. The summed E-state index contributed by atoms with van der Waals surface area (Å²) in [6, 6.07) is 1.39. The highest BCUT2D eigenvalue weighted by molar-refractivity contribution is 5.68. The highest BCUT2D eigenvalue weighted by atomic mass is 16.6. The zero-order valence-corrected chi connectivity index (χ0v) is 13.4. The number of aromatic amines is 1. The summed E-state index contributed by atoms with van der Waals surface area (Å²) in [5, 5.41) is 0. The van der Waals surface area contributed by atoms with Crippen molar-refractivity contribution in [3.05, 3.63) is 26.9 Å². The third-order valence-electron chi connectivity index (χ3n) is 3.40. The van der Waals surface area contributed by atoms with Crippen molar-refractivity contribution in [1.82, 2.24) is 14.5 Å². The lowest BCUT2D eigenvalue weighted by Gasteiger charge is -2.36. The van der Waals surface area contributed by atoms with Crippen LogP contribution in [0.25, 0.3) is 0 Å². The standard InChI is InChI=1S/C14H22N4O4/c1-14(2,3)22-13(21)18-7-5-17(6-8-18)10-9-11(19)16(4)12(20)15-10/h9H,5-8H2,1-4H3,(H,15,20). The minimum absolute atomic E-state index is 0.343. The van der Waals surface area contributed by atoms with E-state index in [9.17, 15) is 14.4 Å². The van der Waals surface area contributed by atoms with Crippen molar-refractivity contribution in [2.24, 2.45) is 7.05 Å². The summed E-state index contributed by atoms with van der Waals surface area (Å²) < 4.78 is 6.34. The van der Waals surface area contributed by atoms with Gasteiger partial charge < -0.3 is 14.5 Å². The van der Waals surface area contributed by atoms with Gasteiger partial charge in [0.1, 0.15) is 11.4 Å². The molecule has 1 saturated heterocycles. The molecule has 0 aromatic carbocycles. The minimum atomic E-state index is -0.523. The van der Waals surface area contributed by atoms with E-state index in [-0.39, 0.29) is 11.7 Å². The molecule has 1 aromatic heterocycles. The minimum Gasteiger partial charge on any atom is -0.444 e. The number of amides is 1. The van der Waals surface area contributed by atoms with Crippen molar-refractivity contribution in [3.8, 4) is 0 Å². The molecule has 8 nitrogen and oxygen atoms in total. The van der Waals surface area contributed by atoms with Crippen LogP contribution in [0.1, 0.15) is 20.8 Å². The van der Waals surface area contributed by atoms with Crippen molar-refractivity contribution in [1.29, 1.82) is 0 Å². The van der Waals surface area contributed by atoms with Crippen LogP contribution in [-0.2, 0) is 11.8 Å². The van der Waals surface area contributed by atoms with E-state index in [1.807, 2.05) is 25.7 Å². The molecule has 0 saturated carbocycles. The lowest BCUT2D eigenvalue weighted by Crippen LogP contribution is -2.51. The van der Waals surface area contributed by atoms with Gasteiger partial charge >= 0.3 is 11.8 Å². The molecule has 0 radical (unpaired) electrons. The summed E-state index contributed by atoms with van der Waals surface area (Å²) in [6.07, 6.45) is -0.343. The highest BCUT2D eigenvalue weighted by Crippen LogP contribution is 2.14. The van der Waals surface area contributed by atoms with Gasteiger partial charge in [-0.1, -0.05) is 0 Å². The van der Waals surface area contributed by atoms with Crippen LogP contribution in [-0.4, -0.2) is 52.3 Å². The van der Waals surface area contributed by atoms with Gasteiger partial charge in [0.25, 0.3) is 5.56 Å². The van der Waals surface area contributed by atoms with E-state index in [0.717, 1.165) is 4.57 Å². The number of nitrogens with zero attached hydrogens (tertiary/aromatic N) is 3. The van der Waals surface area contributed by atoms with Gasteiger partial charge in [0.05, 0.1) is 0 Å². The van der Waals surface area contributed by atoms with Crippen molar-refractivity contribution in [2.45, 2.75) is 26.4 Å². The predicted molar refractivity (Wildman–Crippen MR) is 82.3 cm³/mol. The van der Waals surface area contributed by atoms with Crippen LogP contribution in [0, 0.1) is 0 Å². The normalized spacial score (nSPS) is 15.8. The van der Waals surface area contributed by atoms with Crippen LogP contribution in [0.2, 0.25) is 0 Å². The Hall–Kier alpha value is -2.25. The number of rotatable bonds is 1. The number of hydrogen-bond acceptors (Lipinski definition) is 5. The molecule has 8 heteroatoms. The zero-order valence-electron chi connectivity index (χ0n) is 13.4. The number of H-pyrrole nitrogens is 1. The smallest absolute Gasteiger partial charge is 0.410 e. The van der Waals surface area contributed by atoms with E-state index in [1.165, 1.54) is 13.1 Å². The molecular formula is C14H22N4O4. The molecule has 0 bridgehead atoms. The van der Waals surface area contributed by atoms with Crippen LogP contribution in [0.15, 0.2) is 15.7 Å². The monoisotopic (exact) mass is 310 g/mol. The maximum atomic E-state index is 12.0. The number of carbonyl (C=O) groups is 1. The molecule has 0 atom stereocenters. The molecule has 22 heavy (non-hydrogen) atoms. The quantitative estimate of drug-likeness (QED) is 0.796. The first-order valence-corrected chi connectivity index (χ1v) is 7.20.